The maximum absolute atomic E-state index is 12.5. The number of anilines is 1. The molecule has 0 unspecified atom stereocenters. The first-order valence-electron chi connectivity index (χ1n) is 8.50. The summed E-state index contributed by atoms with van der Waals surface area (Å²) in [6.07, 6.45) is -1.29. The van der Waals surface area contributed by atoms with Gasteiger partial charge in [-0.1, -0.05) is 6.07 Å². The molecule has 9 heteroatoms. The van der Waals surface area contributed by atoms with Crippen LogP contribution in [0.3, 0.4) is 0 Å². The summed E-state index contributed by atoms with van der Waals surface area (Å²) in [5, 5.41) is 13.6. The van der Waals surface area contributed by atoms with Crippen LogP contribution in [0.1, 0.15) is 41.5 Å². The molecule has 1 N–H and O–H groups in total. The largest absolute Gasteiger partial charge is 0.444 e. The van der Waals surface area contributed by atoms with Gasteiger partial charge in [-0.05, 0) is 47.6 Å². The molecule has 0 radical (unpaired) electrons. The van der Waals surface area contributed by atoms with E-state index in [1.165, 1.54) is 23.1 Å². The molecule has 0 aliphatic carbocycles. The Hall–Kier alpha value is -2.84. The fourth-order valence-corrected chi connectivity index (χ4v) is 2.00. The second kappa shape index (κ2) is 8.70. The SMILES string of the molecule is CC(C)(C)OC(=O)NCCN(C(=O)OC(C)(C)C)c1cccc([N+](=O)[O-])c1. The van der Waals surface area contributed by atoms with Crippen LogP contribution in [0.2, 0.25) is 0 Å². The van der Waals surface area contributed by atoms with Gasteiger partial charge >= 0.3 is 12.2 Å². The fourth-order valence-electron chi connectivity index (χ4n) is 2.00. The number of nitrogens with one attached hydrogen (secondary N) is 1. The van der Waals surface area contributed by atoms with Crippen molar-refractivity contribution in [3.05, 3.63) is 34.4 Å². The summed E-state index contributed by atoms with van der Waals surface area (Å²) in [5.74, 6) is 0. The van der Waals surface area contributed by atoms with E-state index in [-0.39, 0.29) is 18.8 Å². The highest BCUT2D eigenvalue weighted by Gasteiger charge is 2.25. The topological polar surface area (TPSA) is 111 Å². The van der Waals surface area contributed by atoms with Gasteiger partial charge in [0.1, 0.15) is 11.2 Å². The summed E-state index contributed by atoms with van der Waals surface area (Å²) in [6, 6.07) is 5.64. The van der Waals surface area contributed by atoms with Gasteiger partial charge in [-0.15, -0.1) is 0 Å². The third-order valence-corrected chi connectivity index (χ3v) is 2.97. The average Bonchev–Trinajstić information content (AvgIpc) is 2.48. The van der Waals surface area contributed by atoms with Gasteiger partial charge in [-0.3, -0.25) is 15.0 Å². The number of rotatable bonds is 5. The van der Waals surface area contributed by atoms with Crippen LogP contribution in [-0.4, -0.2) is 41.4 Å². The minimum atomic E-state index is -0.741. The Morgan fingerprint density at radius 3 is 2.22 bits per heavy atom. The molecule has 0 aromatic heterocycles. The summed E-state index contributed by atoms with van der Waals surface area (Å²) >= 11 is 0. The predicted octanol–water partition coefficient (Wildman–Crippen LogP) is 3.86. The lowest BCUT2D eigenvalue weighted by Gasteiger charge is -2.27. The number of nitrogens with zero attached hydrogens (tertiary/aromatic N) is 2. The molecule has 0 aliphatic rings. The molecule has 1 rings (SSSR count). The van der Waals surface area contributed by atoms with Crippen LogP contribution in [0.25, 0.3) is 0 Å². The molecule has 1 aromatic rings. The van der Waals surface area contributed by atoms with E-state index >= 15 is 0 Å². The van der Waals surface area contributed by atoms with Gasteiger partial charge in [0.2, 0.25) is 0 Å². The molecule has 0 saturated carbocycles. The van der Waals surface area contributed by atoms with E-state index in [1.54, 1.807) is 47.6 Å². The highest BCUT2D eigenvalue weighted by Crippen LogP contribution is 2.23. The van der Waals surface area contributed by atoms with Crippen molar-refractivity contribution in [3.63, 3.8) is 0 Å². The quantitative estimate of drug-likeness (QED) is 0.612. The summed E-state index contributed by atoms with van der Waals surface area (Å²) in [6.45, 7) is 10.5. The molecule has 0 heterocycles. The first-order chi connectivity index (χ1) is 12.3. The Morgan fingerprint density at radius 2 is 1.70 bits per heavy atom. The van der Waals surface area contributed by atoms with Crippen molar-refractivity contribution in [1.29, 1.82) is 0 Å². The smallest absolute Gasteiger partial charge is 0.414 e. The second-order valence-electron chi connectivity index (χ2n) is 7.84. The van der Waals surface area contributed by atoms with Crippen molar-refractivity contribution >= 4 is 23.6 Å². The van der Waals surface area contributed by atoms with Gasteiger partial charge < -0.3 is 14.8 Å². The molecule has 1 aromatic carbocycles. The fraction of sp³-hybridized carbons (Fsp3) is 0.556. The summed E-state index contributed by atoms with van der Waals surface area (Å²) in [5.41, 5.74) is -1.24. The normalized spacial score (nSPS) is 11.5. The minimum absolute atomic E-state index is 0.0509. The van der Waals surface area contributed by atoms with E-state index in [0.717, 1.165) is 0 Å². The number of non-ortho nitro benzene ring substituents is 1. The van der Waals surface area contributed by atoms with Crippen LogP contribution in [0.15, 0.2) is 24.3 Å². The second-order valence-corrected chi connectivity index (χ2v) is 7.84. The third kappa shape index (κ3) is 8.39. The lowest BCUT2D eigenvalue weighted by molar-refractivity contribution is -0.384. The number of carbonyl (C=O) groups excluding carboxylic acids is 2. The Balaban J connectivity index is 2.92. The lowest BCUT2D eigenvalue weighted by atomic mass is 10.2. The van der Waals surface area contributed by atoms with Crippen LogP contribution in [-0.2, 0) is 9.47 Å². The number of alkyl carbamates (subject to hydrolysis) is 1. The third-order valence-electron chi connectivity index (χ3n) is 2.97. The highest BCUT2D eigenvalue weighted by atomic mass is 16.6. The highest BCUT2D eigenvalue weighted by molar-refractivity contribution is 5.88. The monoisotopic (exact) mass is 381 g/mol. The first-order valence-corrected chi connectivity index (χ1v) is 8.50. The zero-order valence-electron chi connectivity index (χ0n) is 16.6. The van der Waals surface area contributed by atoms with Crippen molar-refractivity contribution in [2.75, 3.05) is 18.0 Å². The van der Waals surface area contributed by atoms with E-state index in [4.69, 9.17) is 9.47 Å². The standard InChI is InChI=1S/C18H27N3O6/c1-17(2,3)26-15(22)19-10-11-20(16(23)27-18(4,5)6)13-8-7-9-14(12-13)21(24)25/h7-9,12H,10-11H2,1-6H3,(H,19,22). The molecule has 150 valence electrons. The Morgan fingerprint density at radius 1 is 1.11 bits per heavy atom. The molecule has 9 nitrogen and oxygen atoms in total. The number of benzene rings is 1. The number of nitro groups is 1. The Bertz CT molecular complexity index is 691. The molecule has 0 saturated heterocycles. The molecule has 27 heavy (non-hydrogen) atoms. The van der Waals surface area contributed by atoms with Crippen molar-refractivity contribution in [2.24, 2.45) is 0 Å². The van der Waals surface area contributed by atoms with E-state index in [2.05, 4.69) is 5.32 Å². The van der Waals surface area contributed by atoms with Crippen LogP contribution < -0.4 is 10.2 Å². The van der Waals surface area contributed by atoms with E-state index < -0.39 is 28.3 Å². The van der Waals surface area contributed by atoms with Gasteiger partial charge in [0.05, 0.1) is 10.6 Å². The Kier molecular flexibility index (Phi) is 7.15. The zero-order valence-corrected chi connectivity index (χ0v) is 16.6. The maximum atomic E-state index is 12.5. The number of carbonyl (C=O) groups is 2. The van der Waals surface area contributed by atoms with Crippen LogP contribution in [0.5, 0.6) is 0 Å². The molecule has 0 aliphatic heterocycles. The summed E-state index contributed by atoms with van der Waals surface area (Å²) in [7, 11) is 0. The van der Waals surface area contributed by atoms with Crippen molar-refractivity contribution in [3.8, 4) is 0 Å². The van der Waals surface area contributed by atoms with Gasteiger partial charge in [-0.2, -0.15) is 0 Å². The van der Waals surface area contributed by atoms with Crippen LogP contribution in [0.4, 0.5) is 21.0 Å². The van der Waals surface area contributed by atoms with E-state index in [0.29, 0.717) is 5.69 Å². The average molecular weight is 381 g/mol. The molecular formula is C18H27N3O6. The molecule has 0 fully saturated rings. The zero-order chi connectivity index (χ0) is 20.8. The molecular weight excluding hydrogens is 354 g/mol. The molecule has 0 bridgehead atoms. The van der Waals surface area contributed by atoms with Gasteiger partial charge in [-0.25, -0.2) is 9.59 Å². The number of amides is 2. The van der Waals surface area contributed by atoms with Crippen LogP contribution in [0, 0.1) is 10.1 Å². The van der Waals surface area contributed by atoms with Crippen molar-refractivity contribution in [1.82, 2.24) is 5.32 Å². The minimum Gasteiger partial charge on any atom is -0.444 e. The number of hydrogen-bond acceptors (Lipinski definition) is 6. The predicted molar refractivity (Wildman–Crippen MR) is 101 cm³/mol. The van der Waals surface area contributed by atoms with Gasteiger partial charge in [0.25, 0.3) is 5.69 Å². The first kappa shape index (κ1) is 22.2. The number of hydrogen-bond donors (Lipinski definition) is 1. The van der Waals surface area contributed by atoms with Crippen LogP contribution >= 0.6 is 0 Å². The maximum Gasteiger partial charge on any atom is 0.414 e. The molecule has 0 spiro atoms. The number of nitro benzene ring substituents is 1. The van der Waals surface area contributed by atoms with Gasteiger partial charge in [0.15, 0.2) is 0 Å². The lowest BCUT2D eigenvalue weighted by Crippen LogP contribution is -2.42. The van der Waals surface area contributed by atoms with E-state index in [1.807, 2.05) is 0 Å². The summed E-state index contributed by atoms with van der Waals surface area (Å²) in [4.78, 5) is 36.0. The van der Waals surface area contributed by atoms with E-state index in [9.17, 15) is 19.7 Å². The van der Waals surface area contributed by atoms with Gasteiger partial charge in [0, 0.05) is 25.2 Å². The molecule has 0 atom stereocenters. The number of ether oxygens (including phenoxy) is 2. The van der Waals surface area contributed by atoms with Crippen molar-refractivity contribution < 1.29 is 24.0 Å². The Labute approximate surface area is 158 Å². The van der Waals surface area contributed by atoms with Crippen molar-refractivity contribution in [2.45, 2.75) is 52.7 Å². The summed E-state index contributed by atoms with van der Waals surface area (Å²) < 4.78 is 10.5. The molecule has 2 amide bonds.